The quantitative estimate of drug-likeness (QED) is 0.339. The van der Waals surface area contributed by atoms with Crippen molar-refractivity contribution in [3.05, 3.63) is 78.6 Å². The van der Waals surface area contributed by atoms with Gasteiger partial charge in [0.15, 0.2) is 6.73 Å². The second-order valence-corrected chi connectivity index (χ2v) is 6.62. The Morgan fingerprint density at radius 2 is 1.65 bits per heavy atom. The third-order valence-electron chi connectivity index (χ3n) is 5.02. The fourth-order valence-corrected chi connectivity index (χ4v) is 3.58. The number of aromatic nitrogens is 3. The van der Waals surface area contributed by atoms with Crippen molar-refractivity contribution in [3.63, 3.8) is 0 Å². The van der Waals surface area contributed by atoms with Gasteiger partial charge in [0.05, 0.1) is 17.0 Å². The van der Waals surface area contributed by atoms with Crippen LogP contribution in [0.3, 0.4) is 0 Å². The van der Waals surface area contributed by atoms with Gasteiger partial charge in [0, 0.05) is 23.5 Å². The highest BCUT2D eigenvalue weighted by molar-refractivity contribution is 7.15. The van der Waals surface area contributed by atoms with E-state index in [1.165, 1.54) is 5.56 Å². The summed E-state index contributed by atoms with van der Waals surface area (Å²) in [5.41, 5.74) is 6.53. The van der Waals surface area contributed by atoms with Gasteiger partial charge < -0.3 is 4.74 Å². The number of ether oxygens (including phenoxy) is 1. The van der Waals surface area contributed by atoms with Crippen molar-refractivity contribution in [2.45, 2.75) is 33.9 Å². The zero-order valence-electron chi connectivity index (χ0n) is 18.7. The summed E-state index contributed by atoms with van der Waals surface area (Å²) in [5, 5.41) is 0. The van der Waals surface area contributed by atoms with Crippen LogP contribution in [0.15, 0.2) is 73.1 Å². The SMILES string of the molecule is CC.CCc1ccc(-c2nc3n(c2-c2ccccc2)COc2ccncc2-3)cc1.CP. The fraction of sp³-hybridized carbons (Fsp3) is 0.231. The highest BCUT2D eigenvalue weighted by Crippen LogP contribution is 2.41. The molecule has 2 aromatic heterocycles. The third kappa shape index (κ3) is 4.55. The molecule has 1 aliphatic heterocycles. The molecule has 0 spiro atoms. The van der Waals surface area contributed by atoms with Crippen LogP contribution in [0.2, 0.25) is 0 Å². The number of aryl methyl sites for hydroxylation is 1. The highest BCUT2D eigenvalue weighted by atomic mass is 31.0. The van der Waals surface area contributed by atoms with Crippen molar-refractivity contribution in [1.29, 1.82) is 0 Å². The maximum Gasteiger partial charge on any atom is 0.167 e. The predicted molar refractivity (Wildman–Crippen MR) is 133 cm³/mol. The van der Waals surface area contributed by atoms with Crippen LogP contribution < -0.4 is 4.74 Å². The summed E-state index contributed by atoms with van der Waals surface area (Å²) >= 11 is 0. The average molecular weight is 432 g/mol. The third-order valence-corrected chi connectivity index (χ3v) is 5.02. The molecule has 1 atom stereocenters. The number of hydrogen-bond acceptors (Lipinski definition) is 3. The number of pyridine rings is 1. The van der Waals surface area contributed by atoms with Crippen molar-refractivity contribution >= 4 is 9.24 Å². The topological polar surface area (TPSA) is 39.9 Å². The van der Waals surface area contributed by atoms with E-state index in [1.54, 1.807) is 6.20 Å². The minimum Gasteiger partial charge on any atom is -0.472 e. The summed E-state index contributed by atoms with van der Waals surface area (Å²) in [5.74, 6) is 1.73. The Morgan fingerprint density at radius 1 is 0.935 bits per heavy atom. The first-order chi connectivity index (χ1) is 15.3. The lowest BCUT2D eigenvalue weighted by Gasteiger charge is -2.20. The summed E-state index contributed by atoms with van der Waals surface area (Å²) in [6, 6.07) is 20.9. The van der Waals surface area contributed by atoms with Crippen molar-refractivity contribution < 1.29 is 4.74 Å². The Labute approximate surface area is 187 Å². The molecule has 160 valence electrons. The van der Waals surface area contributed by atoms with Gasteiger partial charge in [-0.2, -0.15) is 0 Å². The van der Waals surface area contributed by atoms with E-state index in [1.807, 2.05) is 38.8 Å². The molecule has 1 unspecified atom stereocenters. The highest BCUT2D eigenvalue weighted by Gasteiger charge is 2.26. The Hall–Kier alpha value is -2.97. The van der Waals surface area contributed by atoms with E-state index in [4.69, 9.17) is 9.72 Å². The summed E-state index contributed by atoms with van der Waals surface area (Å²) < 4.78 is 8.12. The smallest absolute Gasteiger partial charge is 0.167 e. The van der Waals surface area contributed by atoms with Crippen LogP contribution in [-0.2, 0) is 13.2 Å². The summed E-state index contributed by atoms with van der Waals surface area (Å²) in [6.07, 6.45) is 4.60. The molecule has 1 aliphatic rings. The number of rotatable bonds is 3. The van der Waals surface area contributed by atoms with Crippen LogP contribution >= 0.6 is 9.24 Å². The lowest BCUT2D eigenvalue weighted by molar-refractivity contribution is 0.231. The number of fused-ring (bicyclic) bond motifs is 3. The van der Waals surface area contributed by atoms with Crippen LogP contribution in [0.1, 0.15) is 26.3 Å². The lowest BCUT2D eigenvalue weighted by atomic mass is 10.0. The van der Waals surface area contributed by atoms with Crippen LogP contribution in [0.5, 0.6) is 5.75 Å². The van der Waals surface area contributed by atoms with Crippen molar-refractivity contribution in [3.8, 4) is 39.7 Å². The Kier molecular flexibility index (Phi) is 7.97. The molecular weight excluding hydrogens is 401 g/mol. The maximum absolute atomic E-state index is 5.98. The van der Waals surface area contributed by atoms with Crippen molar-refractivity contribution in [2.75, 3.05) is 6.66 Å². The van der Waals surface area contributed by atoms with Crippen LogP contribution in [0, 0.1) is 0 Å². The molecule has 31 heavy (non-hydrogen) atoms. The van der Waals surface area contributed by atoms with E-state index in [0.717, 1.165) is 46.1 Å². The van der Waals surface area contributed by atoms with Gasteiger partial charge in [-0.25, -0.2) is 4.98 Å². The number of imidazole rings is 1. The molecule has 0 bridgehead atoms. The van der Waals surface area contributed by atoms with Gasteiger partial charge in [0.2, 0.25) is 0 Å². The standard InChI is InChI=1S/C23H19N3O.C2H6.CH5P/c1-2-16-8-10-17(11-9-16)21-22(18-6-4-3-5-7-18)26-15-27-20-12-13-24-14-19(20)23(26)25-21;2*1-2/h3-14H,2,15H2,1H3;1-2H3;2H2,1H3. The first-order valence-electron chi connectivity index (χ1n) is 10.8. The van der Waals surface area contributed by atoms with Gasteiger partial charge in [-0.3, -0.25) is 9.55 Å². The molecule has 0 amide bonds. The molecule has 4 nitrogen and oxygen atoms in total. The summed E-state index contributed by atoms with van der Waals surface area (Å²) in [4.78, 5) is 9.31. The predicted octanol–water partition coefficient (Wildman–Crippen LogP) is 6.71. The second-order valence-electron chi connectivity index (χ2n) is 6.62. The Bertz CT molecular complexity index is 1110. The van der Waals surface area contributed by atoms with Gasteiger partial charge >= 0.3 is 0 Å². The molecule has 5 heteroatoms. The monoisotopic (exact) mass is 431 g/mol. The average Bonchev–Trinajstić information content (AvgIpc) is 3.27. The van der Waals surface area contributed by atoms with E-state index in [2.05, 4.69) is 74.2 Å². The van der Waals surface area contributed by atoms with E-state index in [-0.39, 0.29) is 0 Å². The van der Waals surface area contributed by atoms with E-state index in [0.29, 0.717) is 6.73 Å². The minimum atomic E-state index is 0.441. The Balaban J connectivity index is 0.000000645. The van der Waals surface area contributed by atoms with Crippen molar-refractivity contribution in [1.82, 2.24) is 14.5 Å². The normalized spacial score (nSPS) is 11.0. The van der Waals surface area contributed by atoms with Gasteiger partial charge in [0.25, 0.3) is 0 Å². The van der Waals surface area contributed by atoms with Crippen molar-refractivity contribution in [2.24, 2.45) is 0 Å². The molecular formula is C26H30N3OP. The molecule has 3 heterocycles. The van der Waals surface area contributed by atoms with Crippen LogP contribution in [0.25, 0.3) is 33.9 Å². The molecule has 2 aromatic carbocycles. The number of nitrogens with zero attached hydrogens (tertiary/aromatic N) is 3. The molecule has 0 aliphatic carbocycles. The zero-order chi connectivity index (χ0) is 22.2. The molecule has 0 fully saturated rings. The van der Waals surface area contributed by atoms with E-state index in [9.17, 15) is 0 Å². The maximum atomic E-state index is 5.98. The first-order valence-corrected chi connectivity index (χ1v) is 11.9. The lowest BCUT2D eigenvalue weighted by Crippen LogP contribution is -2.14. The van der Waals surface area contributed by atoms with Gasteiger partial charge in [-0.15, -0.1) is 9.24 Å². The van der Waals surface area contributed by atoms with Gasteiger partial charge in [-0.05, 0) is 18.1 Å². The van der Waals surface area contributed by atoms with Crippen LogP contribution in [-0.4, -0.2) is 21.2 Å². The summed E-state index contributed by atoms with van der Waals surface area (Å²) in [6.45, 7) is 8.53. The second kappa shape index (κ2) is 10.9. The molecule has 0 radical (unpaired) electrons. The number of benzene rings is 2. The van der Waals surface area contributed by atoms with E-state index >= 15 is 0 Å². The summed E-state index contributed by atoms with van der Waals surface area (Å²) in [7, 11) is 2.42. The molecule has 0 saturated carbocycles. The molecule has 0 N–H and O–H groups in total. The largest absolute Gasteiger partial charge is 0.472 e. The van der Waals surface area contributed by atoms with Crippen LogP contribution in [0.4, 0.5) is 0 Å². The molecule has 5 rings (SSSR count). The zero-order valence-corrected chi connectivity index (χ0v) is 19.8. The fourth-order valence-electron chi connectivity index (χ4n) is 3.58. The number of hydrogen-bond donors (Lipinski definition) is 0. The first kappa shape index (κ1) is 22.7. The molecule has 0 saturated heterocycles. The molecule has 4 aromatic rings. The minimum absolute atomic E-state index is 0.441. The van der Waals surface area contributed by atoms with E-state index < -0.39 is 0 Å². The Morgan fingerprint density at radius 3 is 2.32 bits per heavy atom. The van der Waals surface area contributed by atoms with Gasteiger partial charge in [0.1, 0.15) is 11.6 Å². The van der Waals surface area contributed by atoms with Gasteiger partial charge in [-0.1, -0.05) is 82.0 Å².